The maximum absolute atomic E-state index is 11.9. The third-order valence-corrected chi connectivity index (χ3v) is 7.81. The number of aryl methyl sites for hydroxylation is 1. The van der Waals surface area contributed by atoms with Crippen LogP contribution >= 0.6 is 0 Å². The summed E-state index contributed by atoms with van der Waals surface area (Å²) >= 11 is 0. The van der Waals surface area contributed by atoms with E-state index in [-0.39, 0.29) is 15.5 Å². The van der Waals surface area contributed by atoms with Crippen molar-refractivity contribution in [3.05, 3.63) is 96.6 Å². The number of hydrogen-bond donors (Lipinski definition) is 2. The van der Waals surface area contributed by atoms with Gasteiger partial charge in [-0.1, -0.05) is 54.6 Å². The zero-order valence-corrected chi connectivity index (χ0v) is 21.9. The van der Waals surface area contributed by atoms with Gasteiger partial charge >= 0.3 is 0 Å². The monoisotopic (exact) mass is 560 g/mol. The minimum Gasteiger partial charge on any atom is -0.282 e. The van der Waals surface area contributed by atoms with Crippen LogP contribution in [0.3, 0.4) is 0 Å². The topological polar surface area (TPSA) is 158 Å². The number of nitrogens with zero attached hydrogens (tertiary/aromatic N) is 4. The SMILES string of the molecule is Cc1ccc(N=Nc2ccc(N=Nc3ccccc3S(=O)(=O)O)c3ccccc23)c2cccc(S(=O)(=O)O)c12. The van der Waals surface area contributed by atoms with Gasteiger partial charge in [0.15, 0.2) is 0 Å². The van der Waals surface area contributed by atoms with Crippen LogP contribution in [-0.2, 0) is 20.2 Å². The van der Waals surface area contributed by atoms with Crippen LogP contribution in [-0.4, -0.2) is 25.9 Å². The summed E-state index contributed by atoms with van der Waals surface area (Å²) in [6, 6.07) is 24.3. The summed E-state index contributed by atoms with van der Waals surface area (Å²) in [4.78, 5) is -0.559. The molecular weight excluding hydrogens is 540 g/mol. The van der Waals surface area contributed by atoms with Gasteiger partial charge in [0.25, 0.3) is 20.2 Å². The van der Waals surface area contributed by atoms with Crippen molar-refractivity contribution in [1.82, 2.24) is 0 Å². The largest absolute Gasteiger partial charge is 0.296 e. The van der Waals surface area contributed by atoms with E-state index in [0.29, 0.717) is 44.2 Å². The van der Waals surface area contributed by atoms with Gasteiger partial charge in [0.05, 0.1) is 17.1 Å². The molecule has 0 aromatic heterocycles. The van der Waals surface area contributed by atoms with E-state index in [2.05, 4.69) is 20.5 Å². The Labute approximate surface area is 223 Å². The fourth-order valence-corrected chi connectivity index (χ4v) is 5.65. The van der Waals surface area contributed by atoms with Gasteiger partial charge in [-0.25, -0.2) is 0 Å². The molecule has 0 heterocycles. The summed E-state index contributed by atoms with van der Waals surface area (Å²) in [7, 11) is -8.92. The van der Waals surface area contributed by atoms with Crippen LogP contribution in [0.5, 0.6) is 0 Å². The number of benzene rings is 5. The highest BCUT2D eigenvalue weighted by Crippen LogP contribution is 2.38. The second-order valence-corrected chi connectivity index (χ2v) is 11.3. The molecule has 5 aromatic rings. The van der Waals surface area contributed by atoms with Crippen LogP contribution in [0.1, 0.15) is 5.56 Å². The van der Waals surface area contributed by atoms with Gasteiger partial charge in [-0.05, 0) is 48.9 Å². The maximum atomic E-state index is 11.9. The van der Waals surface area contributed by atoms with E-state index < -0.39 is 20.2 Å². The van der Waals surface area contributed by atoms with Crippen molar-refractivity contribution in [3.63, 3.8) is 0 Å². The van der Waals surface area contributed by atoms with E-state index in [4.69, 9.17) is 0 Å². The van der Waals surface area contributed by atoms with E-state index in [0.717, 1.165) is 0 Å². The number of azo groups is 2. The molecule has 0 aliphatic heterocycles. The summed E-state index contributed by atoms with van der Waals surface area (Å²) in [5, 5.41) is 19.3. The number of fused-ring (bicyclic) bond motifs is 2. The molecule has 0 amide bonds. The van der Waals surface area contributed by atoms with Crippen molar-refractivity contribution in [2.24, 2.45) is 20.5 Å². The molecule has 0 spiro atoms. The van der Waals surface area contributed by atoms with E-state index in [1.54, 1.807) is 55.5 Å². The molecule has 10 nitrogen and oxygen atoms in total. The first-order valence-electron chi connectivity index (χ1n) is 11.5. The van der Waals surface area contributed by atoms with E-state index >= 15 is 0 Å². The zero-order chi connectivity index (χ0) is 27.8. The fourth-order valence-electron chi connectivity index (χ4n) is 4.25. The van der Waals surface area contributed by atoms with Crippen LogP contribution in [0.2, 0.25) is 0 Å². The van der Waals surface area contributed by atoms with Gasteiger partial charge in [0.2, 0.25) is 0 Å². The molecule has 12 heteroatoms. The standard InChI is InChI=1S/C27H20N4O6S2/c1-17-13-14-23(20-9-6-12-26(27(17)20)39(35,36)37)30-28-21-15-16-22(19-8-3-2-7-18(19)21)29-31-24-10-4-5-11-25(24)38(32,33)34/h2-16H,1H3,(H,32,33,34)(H,35,36,37). The highest BCUT2D eigenvalue weighted by atomic mass is 32.2. The van der Waals surface area contributed by atoms with Crippen molar-refractivity contribution < 1.29 is 25.9 Å². The van der Waals surface area contributed by atoms with Gasteiger partial charge in [-0.3, -0.25) is 9.11 Å². The summed E-state index contributed by atoms with van der Waals surface area (Å²) in [6.45, 7) is 1.74. The summed E-state index contributed by atoms with van der Waals surface area (Å²) < 4.78 is 66.3. The smallest absolute Gasteiger partial charge is 0.282 e. The summed E-state index contributed by atoms with van der Waals surface area (Å²) in [6.07, 6.45) is 0. The first-order chi connectivity index (χ1) is 18.5. The Bertz CT molecular complexity index is 2040. The molecule has 2 N–H and O–H groups in total. The molecule has 5 aromatic carbocycles. The number of hydrogen-bond acceptors (Lipinski definition) is 8. The van der Waals surface area contributed by atoms with E-state index in [1.807, 2.05) is 12.1 Å². The zero-order valence-electron chi connectivity index (χ0n) is 20.3. The number of rotatable bonds is 6. The molecular formula is C27H20N4O6S2. The first kappa shape index (κ1) is 26.3. The van der Waals surface area contributed by atoms with Gasteiger partial charge in [0, 0.05) is 21.5 Å². The van der Waals surface area contributed by atoms with Crippen molar-refractivity contribution in [2.75, 3.05) is 0 Å². The summed E-state index contributed by atoms with van der Waals surface area (Å²) in [5.41, 5.74) is 2.00. The van der Waals surface area contributed by atoms with Crippen molar-refractivity contribution in [3.8, 4) is 0 Å². The fraction of sp³-hybridized carbons (Fsp3) is 0.0370. The van der Waals surface area contributed by atoms with E-state index in [1.165, 1.54) is 30.3 Å². The second kappa shape index (κ2) is 10.1. The second-order valence-electron chi connectivity index (χ2n) is 8.55. The third-order valence-electron chi connectivity index (χ3n) is 6.02. The van der Waals surface area contributed by atoms with Crippen molar-refractivity contribution in [1.29, 1.82) is 0 Å². The third kappa shape index (κ3) is 5.31. The minimum atomic E-state index is -4.48. The highest BCUT2D eigenvalue weighted by molar-refractivity contribution is 7.86. The maximum Gasteiger partial charge on any atom is 0.296 e. The molecule has 0 aliphatic carbocycles. The predicted molar refractivity (Wildman–Crippen MR) is 147 cm³/mol. The molecule has 0 unspecified atom stereocenters. The molecule has 0 saturated heterocycles. The molecule has 0 radical (unpaired) electrons. The lowest BCUT2D eigenvalue weighted by Crippen LogP contribution is -1.99. The van der Waals surface area contributed by atoms with Gasteiger partial charge in [-0.15, -0.1) is 20.5 Å². The van der Waals surface area contributed by atoms with Crippen LogP contribution < -0.4 is 0 Å². The lowest BCUT2D eigenvalue weighted by atomic mass is 10.0. The van der Waals surface area contributed by atoms with Gasteiger partial charge in [0.1, 0.15) is 15.5 Å². The summed E-state index contributed by atoms with van der Waals surface area (Å²) in [5.74, 6) is 0. The Hall–Kier alpha value is -4.36. The van der Waals surface area contributed by atoms with Crippen molar-refractivity contribution >= 4 is 64.5 Å². The molecule has 0 fully saturated rings. The molecule has 0 atom stereocenters. The molecule has 39 heavy (non-hydrogen) atoms. The first-order valence-corrected chi connectivity index (χ1v) is 14.3. The van der Waals surface area contributed by atoms with Crippen LogP contribution in [0, 0.1) is 6.92 Å². The van der Waals surface area contributed by atoms with E-state index in [9.17, 15) is 25.9 Å². The molecule has 0 bridgehead atoms. The van der Waals surface area contributed by atoms with Crippen LogP contribution in [0.4, 0.5) is 22.7 Å². The quantitative estimate of drug-likeness (QED) is 0.160. The molecule has 5 rings (SSSR count). The predicted octanol–water partition coefficient (Wildman–Crippen LogP) is 7.63. The Balaban J connectivity index is 1.58. The van der Waals surface area contributed by atoms with Gasteiger partial charge in [-0.2, -0.15) is 16.8 Å². The van der Waals surface area contributed by atoms with Crippen LogP contribution in [0.15, 0.2) is 121 Å². The molecule has 0 aliphatic rings. The highest BCUT2D eigenvalue weighted by Gasteiger charge is 2.17. The van der Waals surface area contributed by atoms with Crippen LogP contribution in [0.25, 0.3) is 21.5 Å². The normalized spacial score (nSPS) is 12.7. The Morgan fingerprint density at radius 1 is 0.487 bits per heavy atom. The average Bonchev–Trinajstić information content (AvgIpc) is 2.91. The van der Waals surface area contributed by atoms with Gasteiger partial charge < -0.3 is 0 Å². The lowest BCUT2D eigenvalue weighted by molar-refractivity contribution is 0.481. The lowest BCUT2D eigenvalue weighted by Gasteiger charge is -2.09. The Morgan fingerprint density at radius 2 is 0.923 bits per heavy atom. The Kier molecular flexibility index (Phi) is 6.78. The van der Waals surface area contributed by atoms with Crippen molar-refractivity contribution in [2.45, 2.75) is 16.7 Å². The minimum absolute atomic E-state index is 0.0108. The molecule has 196 valence electrons. The Morgan fingerprint density at radius 3 is 1.51 bits per heavy atom. The average molecular weight is 561 g/mol. The molecule has 0 saturated carbocycles.